The Morgan fingerprint density at radius 2 is 2.00 bits per heavy atom. The molecule has 1 heterocycles. The van der Waals surface area contributed by atoms with Crippen LogP contribution in [0, 0.1) is 6.92 Å². The molecule has 24 heavy (non-hydrogen) atoms. The maximum Gasteiger partial charge on any atom is 0.191 e. The van der Waals surface area contributed by atoms with Crippen molar-refractivity contribution in [2.24, 2.45) is 4.99 Å². The Morgan fingerprint density at radius 1 is 1.21 bits per heavy atom. The summed E-state index contributed by atoms with van der Waals surface area (Å²) < 4.78 is 5.22. The number of guanidine groups is 1. The number of benzene rings is 1. The molecule has 0 amide bonds. The number of aliphatic hydroxyl groups excluding tert-OH is 1. The van der Waals surface area contributed by atoms with Gasteiger partial charge in [-0.05, 0) is 31.0 Å². The number of unbranched alkanes of at least 4 members (excludes halogenated alkanes) is 1. The molecule has 0 aliphatic rings. The lowest BCUT2D eigenvalue weighted by atomic mass is 10.1. The lowest BCUT2D eigenvalue weighted by Gasteiger charge is -2.14. The molecule has 5 heteroatoms. The normalized spacial score (nSPS) is 12.9. The molecule has 0 saturated heterocycles. The zero-order valence-electron chi connectivity index (χ0n) is 14.5. The standard InChI is InChI=1S/C19H27N3O2/c1-3-4-11-20-19(21-13-16-9-7-15(2)8-10-16)22-14-17(23)18-6-5-12-24-18/h5-10,12,17,23H,3-4,11,13-14H2,1-2H3,(H2,20,21,22). The van der Waals surface area contributed by atoms with E-state index < -0.39 is 6.10 Å². The minimum atomic E-state index is -0.697. The minimum Gasteiger partial charge on any atom is -0.467 e. The van der Waals surface area contributed by atoms with E-state index in [0.717, 1.165) is 24.9 Å². The molecular weight excluding hydrogens is 302 g/mol. The van der Waals surface area contributed by atoms with Gasteiger partial charge < -0.3 is 20.2 Å². The Morgan fingerprint density at radius 3 is 2.67 bits per heavy atom. The molecule has 0 radical (unpaired) electrons. The highest BCUT2D eigenvalue weighted by atomic mass is 16.4. The van der Waals surface area contributed by atoms with E-state index in [9.17, 15) is 5.11 Å². The second-order valence-corrected chi connectivity index (χ2v) is 5.84. The number of nitrogens with zero attached hydrogens (tertiary/aromatic N) is 1. The van der Waals surface area contributed by atoms with E-state index in [4.69, 9.17) is 4.42 Å². The van der Waals surface area contributed by atoms with Crippen LogP contribution in [-0.2, 0) is 6.54 Å². The molecule has 0 fully saturated rings. The zero-order valence-corrected chi connectivity index (χ0v) is 14.5. The van der Waals surface area contributed by atoms with Crippen LogP contribution in [0.4, 0.5) is 0 Å². The Kier molecular flexibility index (Phi) is 7.36. The van der Waals surface area contributed by atoms with Gasteiger partial charge >= 0.3 is 0 Å². The molecule has 0 aliphatic carbocycles. The number of nitrogens with one attached hydrogen (secondary N) is 2. The van der Waals surface area contributed by atoms with Crippen LogP contribution in [-0.4, -0.2) is 24.2 Å². The highest BCUT2D eigenvalue weighted by molar-refractivity contribution is 5.79. The van der Waals surface area contributed by atoms with Crippen molar-refractivity contribution in [1.82, 2.24) is 10.6 Å². The van der Waals surface area contributed by atoms with Gasteiger partial charge in [0.05, 0.1) is 19.4 Å². The highest BCUT2D eigenvalue weighted by Gasteiger charge is 2.10. The molecule has 3 N–H and O–H groups in total. The molecule has 130 valence electrons. The van der Waals surface area contributed by atoms with E-state index in [1.165, 1.54) is 5.56 Å². The number of rotatable bonds is 8. The molecule has 0 saturated carbocycles. The monoisotopic (exact) mass is 329 g/mol. The molecule has 2 rings (SSSR count). The molecule has 1 aromatic carbocycles. The van der Waals surface area contributed by atoms with Crippen LogP contribution in [0.25, 0.3) is 0 Å². The van der Waals surface area contributed by atoms with Crippen molar-refractivity contribution in [3.05, 3.63) is 59.5 Å². The Hall–Kier alpha value is -2.27. The average Bonchev–Trinajstić information content (AvgIpc) is 3.13. The smallest absolute Gasteiger partial charge is 0.191 e. The van der Waals surface area contributed by atoms with Crippen LogP contribution < -0.4 is 10.6 Å². The largest absolute Gasteiger partial charge is 0.467 e. The summed E-state index contributed by atoms with van der Waals surface area (Å²) in [7, 11) is 0. The number of aliphatic imine (C=N–C) groups is 1. The first kappa shape index (κ1) is 18.1. The van der Waals surface area contributed by atoms with Crippen LogP contribution in [0.5, 0.6) is 0 Å². The molecule has 0 spiro atoms. The summed E-state index contributed by atoms with van der Waals surface area (Å²) in [6, 6.07) is 11.9. The third kappa shape index (κ3) is 6.08. The van der Waals surface area contributed by atoms with Crippen LogP contribution in [0.1, 0.15) is 42.8 Å². The van der Waals surface area contributed by atoms with Gasteiger partial charge in [0.2, 0.25) is 0 Å². The van der Waals surface area contributed by atoms with Crippen LogP contribution in [0.2, 0.25) is 0 Å². The van der Waals surface area contributed by atoms with Crippen molar-refractivity contribution in [3.63, 3.8) is 0 Å². The van der Waals surface area contributed by atoms with Crippen molar-refractivity contribution in [2.75, 3.05) is 13.1 Å². The van der Waals surface area contributed by atoms with Gasteiger partial charge in [-0.2, -0.15) is 0 Å². The molecule has 0 bridgehead atoms. The second kappa shape index (κ2) is 9.78. The van der Waals surface area contributed by atoms with E-state index in [1.807, 2.05) is 0 Å². The van der Waals surface area contributed by atoms with Gasteiger partial charge in [0.15, 0.2) is 5.96 Å². The van der Waals surface area contributed by atoms with Crippen molar-refractivity contribution in [1.29, 1.82) is 0 Å². The van der Waals surface area contributed by atoms with E-state index in [0.29, 0.717) is 24.8 Å². The summed E-state index contributed by atoms with van der Waals surface area (Å²) in [6.07, 6.45) is 3.06. The SMILES string of the molecule is CCCCNC(=NCc1ccc(C)cc1)NCC(O)c1ccco1. The van der Waals surface area contributed by atoms with Crippen molar-refractivity contribution >= 4 is 5.96 Å². The summed E-state index contributed by atoms with van der Waals surface area (Å²) in [6.45, 7) is 6.02. The maximum absolute atomic E-state index is 10.1. The third-order valence-corrected chi connectivity index (χ3v) is 3.70. The fraction of sp³-hybridized carbons (Fsp3) is 0.421. The highest BCUT2D eigenvalue weighted by Crippen LogP contribution is 2.11. The van der Waals surface area contributed by atoms with E-state index in [-0.39, 0.29) is 0 Å². The number of aryl methyl sites for hydroxylation is 1. The lowest BCUT2D eigenvalue weighted by Crippen LogP contribution is -2.40. The van der Waals surface area contributed by atoms with Gasteiger partial charge in [0, 0.05) is 6.54 Å². The molecule has 2 aromatic rings. The molecule has 1 unspecified atom stereocenters. The summed E-state index contributed by atoms with van der Waals surface area (Å²) in [5, 5.41) is 16.6. The van der Waals surface area contributed by atoms with Crippen molar-refractivity contribution in [2.45, 2.75) is 39.3 Å². The predicted molar refractivity (Wildman–Crippen MR) is 96.9 cm³/mol. The number of furan rings is 1. The van der Waals surface area contributed by atoms with Crippen molar-refractivity contribution in [3.8, 4) is 0 Å². The molecular formula is C19H27N3O2. The molecule has 5 nitrogen and oxygen atoms in total. The number of aliphatic hydroxyl groups is 1. The molecule has 1 aromatic heterocycles. The minimum absolute atomic E-state index is 0.347. The predicted octanol–water partition coefficient (Wildman–Crippen LogP) is 3.16. The quantitative estimate of drug-likeness (QED) is 0.395. The van der Waals surface area contributed by atoms with E-state index >= 15 is 0 Å². The first-order valence-electron chi connectivity index (χ1n) is 8.48. The maximum atomic E-state index is 10.1. The van der Waals surface area contributed by atoms with Gasteiger partial charge in [-0.3, -0.25) is 0 Å². The Labute approximate surface area is 143 Å². The number of hydrogen-bond donors (Lipinski definition) is 3. The fourth-order valence-corrected chi connectivity index (χ4v) is 2.20. The first-order valence-corrected chi connectivity index (χ1v) is 8.48. The van der Waals surface area contributed by atoms with Gasteiger partial charge in [-0.1, -0.05) is 43.2 Å². The van der Waals surface area contributed by atoms with Crippen LogP contribution in [0.15, 0.2) is 52.1 Å². The molecule has 0 aliphatic heterocycles. The van der Waals surface area contributed by atoms with Crippen molar-refractivity contribution < 1.29 is 9.52 Å². The molecule has 1 atom stereocenters. The van der Waals surface area contributed by atoms with Gasteiger partial charge in [0.1, 0.15) is 11.9 Å². The Bertz CT molecular complexity index is 606. The number of hydrogen-bond acceptors (Lipinski definition) is 3. The fourth-order valence-electron chi connectivity index (χ4n) is 2.20. The summed E-state index contributed by atoms with van der Waals surface area (Å²) in [5.41, 5.74) is 2.40. The summed E-state index contributed by atoms with van der Waals surface area (Å²) in [5.74, 6) is 1.25. The Balaban J connectivity index is 1.92. The third-order valence-electron chi connectivity index (χ3n) is 3.70. The average molecular weight is 329 g/mol. The topological polar surface area (TPSA) is 69.8 Å². The van der Waals surface area contributed by atoms with Crippen LogP contribution >= 0.6 is 0 Å². The van der Waals surface area contributed by atoms with E-state index in [1.54, 1.807) is 18.4 Å². The van der Waals surface area contributed by atoms with E-state index in [2.05, 4.69) is 53.7 Å². The van der Waals surface area contributed by atoms with Crippen LogP contribution in [0.3, 0.4) is 0 Å². The second-order valence-electron chi connectivity index (χ2n) is 5.84. The summed E-state index contributed by atoms with van der Waals surface area (Å²) >= 11 is 0. The lowest BCUT2D eigenvalue weighted by molar-refractivity contribution is 0.153. The van der Waals surface area contributed by atoms with Gasteiger partial charge in [0.25, 0.3) is 0 Å². The van der Waals surface area contributed by atoms with Gasteiger partial charge in [-0.15, -0.1) is 0 Å². The van der Waals surface area contributed by atoms with Gasteiger partial charge in [-0.25, -0.2) is 4.99 Å². The zero-order chi connectivity index (χ0) is 17.2. The first-order chi connectivity index (χ1) is 11.7. The summed E-state index contributed by atoms with van der Waals surface area (Å²) in [4.78, 5) is 4.60.